The molecule has 1 aromatic rings. The minimum atomic E-state index is -0.103. The Labute approximate surface area is 139 Å². The molecule has 0 bridgehead atoms. The SMILES string of the molecule is CN=C(NCC(=O)NCCOC)NC(C)c1ccccc1Br. The van der Waals surface area contributed by atoms with E-state index in [0.717, 1.165) is 10.0 Å². The van der Waals surface area contributed by atoms with Crippen LogP contribution in [0.4, 0.5) is 0 Å². The molecule has 0 heterocycles. The molecule has 0 saturated carbocycles. The molecule has 0 aliphatic carbocycles. The summed E-state index contributed by atoms with van der Waals surface area (Å²) in [5.74, 6) is 0.471. The van der Waals surface area contributed by atoms with Crippen LogP contribution in [0.2, 0.25) is 0 Å². The van der Waals surface area contributed by atoms with Gasteiger partial charge in [0.05, 0.1) is 19.2 Å². The van der Waals surface area contributed by atoms with Crippen molar-refractivity contribution < 1.29 is 9.53 Å². The molecule has 1 aromatic carbocycles. The van der Waals surface area contributed by atoms with Crippen LogP contribution in [0.1, 0.15) is 18.5 Å². The first kappa shape index (κ1) is 18.4. The van der Waals surface area contributed by atoms with Crippen molar-refractivity contribution in [2.45, 2.75) is 13.0 Å². The summed E-state index contributed by atoms with van der Waals surface area (Å²) in [6, 6.07) is 8.04. The van der Waals surface area contributed by atoms with E-state index in [-0.39, 0.29) is 18.5 Å². The number of ether oxygens (including phenoxy) is 1. The number of nitrogens with one attached hydrogen (secondary N) is 3. The number of guanidine groups is 1. The Bertz CT molecular complexity index is 508. The smallest absolute Gasteiger partial charge is 0.239 e. The van der Waals surface area contributed by atoms with Crippen LogP contribution in [0.25, 0.3) is 0 Å². The van der Waals surface area contributed by atoms with E-state index in [2.05, 4.69) is 36.9 Å². The second-order valence-corrected chi connectivity index (χ2v) is 5.51. The third-order valence-corrected chi connectivity index (χ3v) is 3.72. The number of hydrogen-bond acceptors (Lipinski definition) is 3. The average molecular weight is 371 g/mol. The molecule has 1 amide bonds. The summed E-state index contributed by atoms with van der Waals surface area (Å²) >= 11 is 3.53. The maximum absolute atomic E-state index is 11.6. The molecule has 0 spiro atoms. The van der Waals surface area contributed by atoms with Crippen LogP contribution in [-0.4, -0.2) is 45.7 Å². The fraction of sp³-hybridized carbons (Fsp3) is 0.467. The highest BCUT2D eigenvalue weighted by Gasteiger charge is 2.11. The first-order valence-corrected chi connectivity index (χ1v) is 7.85. The standard InChI is InChI=1S/C15H23BrN4O2/c1-11(12-6-4-5-7-13(12)16)20-15(17-2)19-10-14(21)18-8-9-22-3/h4-7,11H,8-10H2,1-3H3,(H,18,21)(H2,17,19,20). The van der Waals surface area contributed by atoms with Gasteiger partial charge in [0.2, 0.25) is 5.91 Å². The van der Waals surface area contributed by atoms with Gasteiger partial charge in [-0.15, -0.1) is 0 Å². The first-order chi connectivity index (χ1) is 10.6. The molecule has 0 fully saturated rings. The van der Waals surface area contributed by atoms with Crippen LogP contribution in [-0.2, 0) is 9.53 Å². The molecule has 1 rings (SSSR count). The Hall–Kier alpha value is -1.60. The van der Waals surface area contributed by atoms with Gasteiger partial charge in [0, 0.05) is 25.2 Å². The molecular weight excluding hydrogens is 348 g/mol. The van der Waals surface area contributed by atoms with Gasteiger partial charge in [0.25, 0.3) is 0 Å². The van der Waals surface area contributed by atoms with Crippen LogP contribution >= 0.6 is 15.9 Å². The zero-order valence-corrected chi connectivity index (χ0v) is 14.7. The lowest BCUT2D eigenvalue weighted by molar-refractivity contribution is -0.120. The molecule has 0 aromatic heterocycles. The summed E-state index contributed by atoms with van der Waals surface area (Å²) in [4.78, 5) is 15.8. The topological polar surface area (TPSA) is 74.8 Å². The molecule has 7 heteroatoms. The quantitative estimate of drug-likeness (QED) is 0.385. The number of methoxy groups -OCH3 is 1. The van der Waals surface area contributed by atoms with Gasteiger partial charge < -0.3 is 20.7 Å². The molecule has 6 nitrogen and oxygen atoms in total. The summed E-state index contributed by atoms with van der Waals surface area (Å²) in [7, 11) is 3.27. The summed E-state index contributed by atoms with van der Waals surface area (Å²) in [6.45, 7) is 3.19. The van der Waals surface area contributed by atoms with Gasteiger partial charge in [-0.25, -0.2) is 0 Å². The highest BCUT2D eigenvalue weighted by atomic mass is 79.9. The monoisotopic (exact) mass is 370 g/mol. The van der Waals surface area contributed by atoms with Crippen molar-refractivity contribution in [1.82, 2.24) is 16.0 Å². The Kier molecular flexibility index (Phi) is 8.54. The minimum absolute atomic E-state index is 0.0540. The van der Waals surface area contributed by atoms with E-state index < -0.39 is 0 Å². The van der Waals surface area contributed by atoms with E-state index in [9.17, 15) is 4.79 Å². The summed E-state index contributed by atoms with van der Waals surface area (Å²) in [5.41, 5.74) is 1.12. The predicted octanol–water partition coefficient (Wildman–Crippen LogP) is 1.44. The van der Waals surface area contributed by atoms with Crippen LogP contribution in [0.3, 0.4) is 0 Å². The highest BCUT2D eigenvalue weighted by molar-refractivity contribution is 9.10. The largest absolute Gasteiger partial charge is 0.383 e. The van der Waals surface area contributed by atoms with E-state index >= 15 is 0 Å². The molecule has 0 aliphatic rings. The van der Waals surface area contributed by atoms with Crippen molar-refractivity contribution in [2.24, 2.45) is 4.99 Å². The van der Waals surface area contributed by atoms with E-state index in [1.807, 2.05) is 31.2 Å². The lowest BCUT2D eigenvalue weighted by Crippen LogP contribution is -2.44. The second-order valence-electron chi connectivity index (χ2n) is 4.66. The van der Waals surface area contributed by atoms with Gasteiger partial charge in [-0.05, 0) is 18.6 Å². The Morgan fingerprint density at radius 1 is 1.36 bits per heavy atom. The molecule has 22 heavy (non-hydrogen) atoms. The van der Waals surface area contributed by atoms with Crippen LogP contribution in [0.15, 0.2) is 33.7 Å². The number of carbonyl (C=O) groups excluding carboxylic acids is 1. The molecule has 0 aliphatic heterocycles. The van der Waals surface area contributed by atoms with Crippen molar-refractivity contribution >= 4 is 27.8 Å². The van der Waals surface area contributed by atoms with Crippen molar-refractivity contribution in [3.8, 4) is 0 Å². The molecule has 0 radical (unpaired) electrons. The number of amides is 1. The Morgan fingerprint density at radius 3 is 2.73 bits per heavy atom. The minimum Gasteiger partial charge on any atom is -0.383 e. The van der Waals surface area contributed by atoms with E-state index in [1.54, 1.807) is 14.2 Å². The maximum Gasteiger partial charge on any atom is 0.239 e. The number of carbonyl (C=O) groups is 1. The first-order valence-electron chi connectivity index (χ1n) is 7.05. The van der Waals surface area contributed by atoms with E-state index in [1.165, 1.54) is 0 Å². The third-order valence-electron chi connectivity index (χ3n) is 2.99. The lowest BCUT2D eigenvalue weighted by Gasteiger charge is -2.19. The molecular formula is C15H23BrN4O2. The molecule has 122 valence electrons. The number of benzene rings is 1. The number of aliphatic imine (C=N–C) groups is 1. The van der Waals surface area contributed by atoms with Crippen molar-refractivity contribution in [1.29, 1.82) is 0 Å². The van der Waals surface area contributed by atoms with Crippen LogP contribution in [0, 0.1) is 0 Å². The number of rotatable bonds is 7. The second kappa shape index (κ2) is 10.2. The van der Waals surface area contributed by atoms with Crippen molar-refractivity contribution in [2.75, 3.05) is 33.9 Å². The number of halogens is 1. The zero-order valence-electron chi connectivity index (χ0n) is 13.1. The van der Waals surface area contributed by atoms with Gasteiger partial charge >= 0.3 is 0 Å². The van der Waals surface area contributed by atoms with Gasteiger partial charge in [-0.1, -0.05) is 34.1 Å². The van der Waals surface area contributed by atoms with Crippen molar-refractivity contribution in [3.05, 3.63) is 34.3 Å². The normalized spacial score (nSPS) is 12.6. The molecule has 1 atom stereocenters. The molecule has 0 saturated heterocycles. The third kappa shape index (κ3) is 6.44. The number of hydrogen-bond donors (Lipinski definition) is 3. The average Bonchev–Trinajstić information content (AvgIpc) is 2.51. The van der Waals surface area contributed by atoms with Gasteiger partial charge in [0.1, 0.15) is 0 Å². The molecule has 1 unspecified atom stereocenters. The van der Waals surface area contributed by atoms with Crippen molar-refractivity contribution in [3.63, 3.8) is 0 Å². The zero-order chi connectivity index (χ0) is 16.4. The van der Waals surface area contributed by atoms with E-state index in [0.29, 0.717) is 19.1 Å². The fourth-order valence-corrected chi connectivity index (χ4v) is 2.45. The lowest BCUT2D eigenvalue weighted by atomic mass is 10.1. The van der Waals surface area contributed by atoms with Gasteiger partial charge in [0.15, 0.2) is 5.96 Å². The van der Waals surface area contributed by atoms with E-state index in [4.69, 9.17) is 4.74 Å². The van der Waals surface area contributed by atoms with Crippen LogP contribution < -0.4 is 16.0 Å². The Balaban J connectivity index is 2.45. The fourth-order valence-electron chi connectivity index (χ4n) is 1.82. The molecule has 3 N–H and O–H groups in total. The maximum atomic E-state index is 11.6. The van der Waals surface area contributed by atoms with Gasteiger partial charge in [-0.2, -0.15) is 0 Å². The summed E-state index contributed by atoms with van der Waals surface area (Å²) in [5, 5.41) is 8.98. The Morgan fingerprint density at radius 2 is 2.09 bits per heavy atom. The summed E-state index contributed by atoms with van der Waals surface area (Å²) in [6.07, 6.45) is 0. The number of nitrogens with zero attached hydrogens (tertiary/aromatic N) is 1. The predicted molar refractivity (Wildman–Crippen MR) is 91.9 cm³/mol. The van der Waals surface area contributed by atoms with Crippen LogP contribution in [0.5, 0.6) is 0 Å². The summed E-state index contributed by atoms with van der Waals surface area (Å²) < 4.78 is 5.91. The highest BCUT2D eigenvalue weighted by Crippen LogP contribution is 2.22. The van der Waals surface area contributed by atoms with Gasteiger partial charge in [-0.3, -0.25) is 9.79 Å².